The van der Waals surface area contributed by atoms with E-state index in [1.165, 1.54) is 12.8 Å². The maximum atomic E-state index is 5.49. The second-order valence-corrected chi connectivity index (χ2v) is 6.33. The lowest BCUT2D eigenvalue weighted by molar-refractivity contribution is 0.340. The number of nitrogens with zero attached hydrogens (tertiary/aromatic N) is 2. The Balaban J connectivity index is 1.61. The molecule has 0 bridgehead atoms. The van der Waals surface area contributed by atoms with Gasteiger partial charge in [0.15, 0.2) is 0 Å². The Hall–Kier alpha value is -3.08. The van der Waals surface area contributed by atoms with E-state index in [2.05, 4.69) is 32.7 Å². The molecule has 132 valence electrons. The maximum Gasteiger partial charge on any atom is 0.225 e. The topological polar surface area (TPSA) is 59.1 Å². The van der Waals surface area contributed by atoms with Gasteiger partial charge in [-0.1, -0.05) is 30.3 Å². The summed E-state index contributed by atoms with van der Waals surface area (Å²) in [5.74, 6) is 2.30. The van der Waals surface area contributed by atoms with Gasteiger partial charge in [-0.05, 0) is 44.0 Å². The molecule has 0 saturated heterocycles. The van der Waals surface area contributed by atoms with Gasteiger partial charge in [-0.2, -0.15) is 4.98 Å². The minimum Gasteiger partial charge on any atom is -0.494 e. The van der Waals surface area contributed by atoms with Gasteiger partial charge in [0.1, 0.15) is 11.6 Å². The van der Waals surface area contributed by atoms with Crippen LogP contribution in [0.15, 0.2) is 60.7 Å². The van der Waals surface area contributed by atoms with Crippen LogP contribution in [0.4, 0.5) is 17.5 Å². The van der Waals surface area contributed by atoms with Crippen LogP contribution < -0.4 is 15.4 Å². The highest BCUT2D eigenvalue weighted by Gasteiger charge is 2.22. The monoisotopic (exact) mass is 346 g/mol. The van der Waals surface area contributed by atoms with Gasteiger partial charge < -0.3 is 15.4 Å². The van der Waals surface area contributed by atoms with Crippen molar-refractivity contribution in [3.8, 4) is 17.0 Å². The van der Waals surface area contributed by atoms with Gasteiger partial charge in [-0.15, -0.1) is 0 Å². The van der Waals surface area contributed by atoms with E-state index in [1.807, 2.05) is 55.5 Å². The predicted molar refractivity (Wildman–Crippen MR) is 105 cm³/mol. The zero-order valence-corrected chi connectivity index (χ0v) is 14.8. The van der Waals surface area contributed by atoms with Crippen molar-refractivity contribution in [2.24, 2.45) is 0 Å². The van der Waals surface area contributed by atoms with E-state index in [1.54, 1.807) is 0 Å². The van der Waals surface area contributed by atoms with Crippen molar-refractivity contribution in [1.82, 2.24) is 9.97 Å². The maximum absolute atomic E-state index is 5.49. The summed E-state index contributed by atoms with van der Waals surface area (Å²) in [6.07, 6.45) is 2.36. The van der Waals surface area contributed by atoms with E-state index in [-0.39, 0.29) is 0 Å². The van der Waals surface area contributed by atoms with Crippen molar-refractivity contribution < 1.29 is 4.74 Å². The summed E-state index contributed by atoms with van der Waals surface area (Å²) in [6, 6.07) is 20.5. The van der Waals surface area contributed by atoms with Crippen molar-refractivity contribution in [3.05, 3.63) is 60.7 Å². The number of anilines is 3. The molecule has 1 aliphatic carbocycles. The predicted octanol–water partition coefficient (Wildman–Crippen LogP) is 4.86. The van der Waals surface area contributed by atoms with E-state index >= 15 is 0 Å². The largest absolute Gasteiger partial charge is 0.494 e. The van der Waals surface area contributed by atoms with Crippen LogP contribution in [0.25, 0.3) is 11.3 Å². The average Bonchev–Trinajstić information content (AvgIpc) is 3.48. The molecule has 26 heavy (non-hydrogen) atoms. The third-order valence-electron chi connectivity index (χ3n) is 4.14. The van der Waals surface area contributed by atoms with Crippen LogP contribution in [0.3, 0.4) is 0 Å². The van der Waals surface area contributed by atoms with Gasteiger partial charge in [-0.3, -0.25) is 0 Å². The number of hydrogen-bond donors (Lipinski definition) is 2. The first-order valence-corrected chi connectivity index (χ1v) is 9.01. The SMILES string of the molecule is CCOc1ccc(Nc2cc(-c3ccccc3)nc(NC3CC3)n2)cc1. The van der Waals surface area contributed by atoms with Crippen molar-refractivity contribution in [1.29, 1.82) is 0 Å². The van der Waals surface area contributed by atoms with Gasteiger partial charge in [0.2, 0.25) is 5.95 Å². The average molecular weight is 346 g/mol. The molecule has 2 aromatic carbocycles. The molecule has 0 amide bonds. The first-order chi connectivity index (χ1) is 12.8. The number of aromatic nitrogens is 2. The summed E-state index contributed by atoms with van der Waals surface area (Å²) in [6.45, 7) is 2.64. The Morgan fingerprint density at radius 1 is 1.00 bits per heavy atom. The quantitative estimate of drug-likeness (QED) is 0.640. The summed E-state index contributed by atoms with van der Waals surface area (Å²) in [5.41, 5.74) is 2.93. The molecular formula is C21H22N4O. The zero-order chi connectivity index (χ0) is 17.8. The fourth-order valence-electron chi connectivity index (χ4n) is 2.69. The van der Waals surface area contributed by atoms with E-state index < -0.39 is 0 Å². The van der Waals surface area contributed by atoms with Crippen LogP contribution in [-0.2, 0) is 0 Å². The van der Waals surface area contributed by atoms with Crippen LogP contribution in [0.2, 0.25) is 0 Å². The molecule has 2 N–H and O–H groups in total. The molecule has 1 aromatic heterocycles. The minimum absolute atomic E-state index is 0.499. The smallest absolute Gasteiger partial charge is 0.225 e. The molecule has 0 atom stereocenters. The lowest BCUT2D eigenvalue weighted by atomic mass is 10.1. The molecule has 0 aliphatic heterocycles. The second-order valence-electron chi connectivity index (χ2n) is 6.33. The van der Waals surface area contributed by atoms with Gasteiger partial charge in [0, 0.05) is 23.4 Å². The Kier molecular flexibility index (Phi) is 4.69. The van der Waals surface area contributed by atoms with Crippen LogP contribution >= 0.6 is 0 Å². The summed E-state index contributed by atoms with van der Waals surface area (Å²) >= 11 is 0. The van der Waals surface area contributed by atoms with Crippen molar-refractivity contribution in [2.75, 3.05) is 17.2 Å². The van der Waals surface area contributed by atoms with Crippen molar-refractivity contribution >= 4 is 17.5 Å². The number of ether oxygens (including phenoxy) is 1. The molecule has 4 rings (SSSR count). The lowest BCUT2D eigenvalue weighted by Gasteiger charge is -2.12. The summed E-state index contributed by atoms with van der Waals surface area (Å²) < 4.78 is 5.49. The first kappa shape index (κ1) is 16.4. The third kappa shape index (κ3) is 4.11. The molecule has 5 nitrogen and oxygen atoms in total. The Morgan fingerprint density at radius 2 is 1.77 bits per heavy atom. The normalized spacial score (nSPS) is 13.3. The highest BCUT2D eigenvalue weighted by atomic mass is 16.5. The number of rotatable bonds is 7. The van der Waals surface area contributed by atoms with E-state index in [0.717, 1.165) is 28.5 Å². The molecule has 0 spiro atoms. The Labute approximate surface area is 153 Å². The number of hydrogen-bond acceptors (Lipinski definition) is 5. The minimum atomic E-state index is 0.499. The summed E-state index contributed by atoms with van der Waals surface area (Å²) in [4.78, 5) is 9.31. The molecule has 1 fully saturated rings. The van der Waals surface area contributed by atoms with E-state index in [0.29, 0.717) is 18.6 Å². The van der Waals surface area contributed by atoms with Crippen LogP contribution in [0.1, 0.15) is 19.8 Å². The zero-order valence-electron chi connectivity index (χ0n) is 14.8. The molecule has 3 aromatic rings. The number of nitrogens with one attached hydrogen (secondary N) is 2. The van der Waals surface area contributed by atoms with Gasteiger partial charge in [-0.25, -0.2) is 4.98 Å². The van der Waals surface area contributed by atoms with Crippen LogP contribution in [0, 0.1) is 0 Å². The van der Waals surface area contributed by atoms with Gasteiger partial charge >= 0.3 is 0 Å². The molecular weight excluding hydrogens is 324 g/mol. The van der Waals surface area contributed by atoms with Crippen molar-refractivity contribution in [3.63, 3.8) is 0 Å². The molecule has 1 aliphatic rings. The summed E-state index contributed by atoms with van der Waals surface area (Å²) in [5, 5.41) is 6.77. The molecule has 0 unspecified atom stereocenters. The highest BCUT2D eigenvalue weighted by molar-refractivity contribution is 5.67. The first-order valence-electron chi connectivity index (χ1n) is 9.01. The van der Waals surface area contributed by atoms with E-state index in [9.17, 15) is 0 Å². The Morgan fingerprint density at radius 3 is 2.46 bits per heavy atom. The molecule has 5 heteroatoms. The van der Waals surface area contributed by atoms with Gasteiger partial charge in [0.25, 0.3) is 0 Å². The standard InChI is InChI=1S/C21H22N4O/c1-2-26-18-12-10-16(11-13-18)22-20-14-19(15-6-4-3-5-7-15)24-21(25-20)23-17-8-9-17/h3-7,10-14,17H,2,8-9H2,1H3,(H2,22,23,24,25). The molecule has 1 saturated carbocycles. The van der Waals surface area contributed by atoms with Crippen molar-refractivity contribution in [2.45, 2.75) is 25.8 Å². The highest BCUT2D eigenvalue weighted by Crippen LogP contribution is 2.27. The van der Waals surface area contributed by atoms with E-state index in [4.69, 9.17) is 4.74 Å². The fraction of sp³-hybridized carbons (Fsp3) is 0.238. The molecule has 0 radical (unpaired) electrons. The van der Waals surface area contributed by atoms with Crippen LogP contribution in [0.5, 0.6) is 5.75 Å². The number of benzene rings is 2. The fourth-order valence-corrected chi connectivity index (χ4v) is 2.69. The van der Waals surface area contributed by atoms with Crippen LogP contribution in [-0.4, -0.2) is 22.6 Å². The molecule has 1 heterocycles. The Bertz CT molecular complexity index is 861. The lowest BCUT2D eigenvalue weighted by Crippen LogP contribution is -2.07. The van der Waals surface area contributed by atoms with Gasteiger partial charge in [0.05, 0.1) is 12.3 Å². The third-order valence-corrected chi connectivity index (χ3v) is 4.14. The second kappa shape index (κ2) is 7.44. The summed E-state index contributed by atoms with van der Waals surface area (Å²) in [7, 11) is 0.